The molecule has 1 aliphatic heterocycles. The smallest absolute Gasteiger partial charge is 0.204 e. The molecule has 4 heteroatoms. The largest absolute Gasteiger partial charge is 0.482 e. The highest BCUT2D eigenvalue weighted by Gasteiger charge is 2.00. The van der Waals surface area contributed by atoms with Crippen molar-refractivity contribution in [1.82, 2.24) is 4.72 Å². The lowest BCUT2D eigenvalue weighted by molar-refractivity contribution is 0.282. The van der Waals surface area contributed by atoms with Gasteiger partial charge in [-0.1, -0.05) is 0 Å². The van der Waals surface area contributed by atoms with Gasteiger partial charge in [0.2, 0.25) is 5.88 Å². The first-order chi connectivity index (χ1) is 3.43. The molecule has 1 heterocycles. The van der Waals surface area contributed by atoms with Crippen molar-refractivity contribution in [2.75, 3.05) is 7.11 Å². The van der Waals surface area contributed by atoms with E-state index in [9.17, 15) is 0 Å². The summed E-state index contributed by atoms with van der Waals surface area (Å²) in [5, 5.41) is 1.92. The Kier molecular flexibility index (Phi) is 1.76. The molecule has 1 N–H and O–H groups in total. The van der Waals surface area contributed by atoms with E-state index in [1.807, 2.05) is 5.41 Å². The number of methoxy groups -OCH3 is 1. The lowest BCUT2D eigenvalue weighted by Crippen LogP contribution is -1.97. The third-order valence-corrected chi connectivity index (χ3v) is 2.08. The summed E-state index contributed by atoms with van der Waals surface area (Å²) in [5.41, 5.74) is 0. The molecule has 1 aliphatic rings. The molecule has 0 amide bonds. The number of hydrogen-bond acceptors (Lipinski definition) is 4. The summed E-state index contributed by atoms with van der Waals surface area (Å²) >= 11 is 0. The molecule has 1 rings (SSSR count). The molecule has 0 aromatic heterocycles. The Morgan fingerprint density at radius 1 is 1.86 bits per heavy atom. The Balaban J connectivity index is 2.36. The van der Waals surface area contributed by atoms with E-state index < -0.39 is 0 Å². The van der Waals surface area contributed by atoms with Crippen LogP contribution >= 0.6 is 21.8 Å². The Morgan fingerprint density at radius 2 is 2.71 bits per heavy atom. The van der Waals surface area contributed by atoms with Crippen molar-refractivity contribution >= 4 is 21.8 Å². The third-order valence-electron chi connectivity index (χ3n) is 0.565. The quantitative estimate of drug-likeness (QED) is 0.432. The maximum Gasteiger partial charge on any atom is 0.204 e. The van der Waals surface area contributed by atoms with Gasteiger partial charge >= 0.3 is 0 Å². The minimum Gasteiger partial charge on any atom is -0.482 e. The Labute approximate surface area is 50.2 Å². The standard InChI is InChI=1S/C3H5NOS2/c1-5-3-2-6-7-4-3/h2,4H,1H3. The molecule has 0 aromatic carbocycles. The summed E-state index contributed by atoms with van der Waals surface area (Å²) < 4.78 is 7.74. The van der Waals surface area contributed by atoms with Gasteiger partial charge in [0.1, 0.15) is 0 Å². The number of rotatable bonds is 1. The van der Waals surface area contributed by atoms with Crippen LogP contribution in [0.1, 0.15) is 0 Å². The number of hydrogen-bond donors (Lipinski definition) is 1. The van der Waals surface area contributed by atoms with Crippen molar-refractivity contribution in [3.8, 4) is 0 Å². The molecule has 40 valence electrons. The van der Waals surface area contributed by atoms with Crippen LogP contribution in [0.25, 0.3) is 0 Å². The van der Waals surface area contributed by atoms with Crippen LogP contribution < -0.4 is 4.72 Å². The normalized spacial score (nSPS) is 18.1. The van der Waals surface area contributed by atoms with E-state index >= 15 is 0 Å². The van der Waals surface area contributed by atoms with Crippen LogP contribution in [0, 0.1) is 0 Å². The molecule has 0 unspecified atom stereocenters. The second-order valence-corrected chi connectivity index (χ2v) is 2.84. The average Bonchev–Trinajstić information content (AvgIpc) is 2.14. The van der Waals surface area contributed by atoms with Crippen LogP contribution in [0.4, 0.5) is 0 Å². The van der Waals surface area contributed by atoms with Gasteiger partial charge in [0, 0.05) is 16.4 Å². The van der Waals surface area contributed by atoms with Crippen molar-refractivity contribution in [3.05, 3.63) is 11.3 Å². The van der Waals surface area contributed by atoms with Crippen LogP contribution in [-0.4, -0.2) is 7.11 Å². The highest BCUT2D eigenvalue weighted by Crippen LogP contribution is 2.27. The summed E-state index contributed by atoms with van der Waals surface area (Å²) in [5.74, 6) is 0.843. The molecular formula is C3H5NOS2. The van der Waals surface area contributed by atoms with Gasteiger partial charge in [-0.2, -0.15) is 0 Å². The first-order valence-electron chi connectivity index (χ1n) is 1.76. The fourth-order valence-corrected chi connectivity index (χ4v) is 1.68. The summed E-state index contributed by atoms with van der Waals surface area (Å²) in [6, 6.07) is 0. The molecule has 2 nitrogen and oxygen atoms in total. The van der Waals surface area contributed by atoms with E-state index in [4.69, 9.17) is 4.74 Å². The molecule has 0 atom stereocenters. The highest BCUT2D eigenvalue weighted by molar-refractivity contribution is 8.77. The van der Waals surface area contributed by atoms with E-state index in [0.717, 1.165) is 5.88 Å². The first kappa shape index (κ1) is 5.18. The second-order valence-electron chi connectivity index (χ2n) is 0.968. The van der Waals surface area contributed by atoms with Crippen molar-refractivity contribution in [2.24, 2.45) is 0 Å². The average molecular weight is 135 g/mol. The van der Waals surface area contributed by atoms with Crippen molar-refractivity contribution in [3.63, 3.8) is 0 Å². The monoisotopic (exact) mass is 135 g/mol. The molecule has 0 spiro atoms. The maximum absolute atomic E-state index is 4.82. The van der Waals surface area contributed by atoms with Gasteiger partial charge in [-0.25, -0.2) is 0 Å². The molecule has 0 aliphatic carbocycles. The first-order valence-corrected chi connectivity index (χ1v) is 3.97. The van der Waals surface area contributed by atoms with E-state index in [0.29, 0.717) is 0 Å². The molecule has 0 radical (unpaired) electrons. The molecule has 0 saturated heterocycles. The Bertz CT molecular complexity index is 92.9. The zero-order valence-electron chi connectivity index (χ0n) is 3.80. The van der Waals surface area contributed by atoms with E-state index in [1.54, 1.807) is 28.9 Å². The van der Waals surface area contributed by atoms with Gasteiger partial charge in [0.15, 0.2) is 0 Å². The molecule has 0 aromatic rings. The summed E-state index contributed by atoms with van der Waals surface area (Å²) in [6.45, 7) is 0. The summed E-state index contributed by atoms with van der Waals surface area (Å²) in [7, 11) is 4.83. The fraction of sp³-hybridized carbons (Fsp3) is 0.333. The predicted molar refractivity (Wildman–Crippen MR) is 33.4 cm³/mol. The van der Waals surface area contributed by atoms with E-state index in [2.05, 4.69) is 4.72 Å². The predicted octanol–water partition coefficient (Wildman–Crippen LogP) is 1.33. The minimum absolute atomic E-state index is 0.843. The van der Waals surface area contributed by atoms with Gasteiger partial charge in [-0.05, 0) is 10.8 Å². The molecule has 0 bridgehead atoms. The van der Waals surface area contributed by atoms with Crippen LogP contribution in [0.15, 0.2) is 11.3 Å². The topological polar surface area (TPSA) is 21.3 Å². The van der Waals surface area contributed by atoms with Gasteiger partial charge in [-0.15, -0.1) is 0 Å². The maximum atomic E-state index is 4.82. The van der Waals surface area contributed by atoms with Crippen molar-refractivity contribution < 1.29 is 4.74 Å². The van der Waals surface area contributed by atoms with Gasteiger partial charge < -0.3 is 4.74 Å². The molecule has 7 heavy (non-hydrogen) atoms. The van der Waals surface area contributed by atoms with Crippen molar-refractivity contribution in [1.29, 1.82) is 0 Å². The zero-order chi connectivity index (χ0) is 5.11. The van der Waals surface area contributed by atoms with Gasteiger partial charge in [0.05, 0.1) is 7.11 Å². The Morgan fingerprint density at radius 3 is 3.00 bits per heavy atom. The minimum atomic E-state index is 0.843. The highest BCUT2D eigenvalue weighted by atomic mass is 33.1. The van der Waals surface area contributed by atoms with Crippen LogP contribution in [0.5, 0.6) is 0 Å². The van der Waals surface area contributed by atoms with E-state index in [-0.39, 0.29) is 0 Å². The SMILES string of the molecule is COC1=CSSN1. The summed E-state index contributed by atoms with van der Waals surface area (Å²) in [6.07, 6.45) is 0. The van der Waals surface area contributed by atoms with Gasteiger partial charge in [0.25, 0.3) is 0 Å². The lowest BCUT2D eigenvalue weighted by atomic mass is 10.9. The Hall–Kier alpha value is 0.0400. The van der Waals surface area contributed by atoms with Crippen molar-refractivity contribution in [2.45, 2.75) is 0 Å². The molecular weight excluding hydrogens is 130 g/mol. The fourth-order valence-electron chi connectivity index (χ4n) is 0.247. The van der Waals surface area contributed by atoms with Crippen LogP contribution in [-0.2, 0) is 4.74 Å². The molecule has 0 saturated carbocycles. The number of ether oxygens (including phenoxy) is 1. The third kappa shape index (κ3) is 1.21. The lowest BCUT2D eigenvalue weighted by Gasteiger charge is -1.95. The number of nitrogens with one attached hydrogen (secondary N) is 1. The summed E-state index contributed by atoms with van der Waals surface area (Å²) in [4.78, 5) is 0. The van der Waals surface area contributed by atoms with Crippen LogP contribution in [0.2, 0.25) is 0 Å². The zero-order valence-corrected chi connectivity index (χ0v) is 5.44. The second kappa shape index (κ2) is 2.37. The molecule has 0 fully saturated rings. The van der Waals surface area contributed by atoms with Gasteiger partial charge in [-0.3, -0.25) is 4.72 Å². The van der Waals surface area contributed by atoms with Crippen LogP contribution in [0.3, 0.4) is 0 Å². The van der Waals surface area contributed by atoms with E-state index in [1.165, 1.54) is 0 Å².